The van der Waals surface area contributed by atoms with E-state index in [2.05, 4.69) is 26.4 Å². The Morgan fingerprint density at radius 1 is 1.14 bits per heavy atom. The second kappa shape index (κ2) is 9.18. The number of hydrogen-bond donors (Lipinski definition) is 1. The molecule has 0 unspecified atom stereocenters. The number of halogens is 1. The van der Waals surface area contributed by atoms with Crippen LogP contribution in [0, 0.1) is 6.92 Å². The third-order valence-corrected chi connectivity index (χ3v) is 4.15. The van der Waals surface area contributed by atoms with Crippen LogP contribution in [0.5, 0.6) is 5.75 Å². The maximum atomic E-state index is 12.3. The van der Waals surface area contributed by atoms with E-state index in [9.17, 15) is 9.59 Å². The standard InChI is InChI=1S/C20H17BrN2O5/c1-13-10-16(23-28-13)11-27-20(25)17-4-2-3-5-18(17)26-12-19(24)22-15-8-6-14(21)7-9-15/h2-10H,11-12H2,1H3,(H,22,24). The van der Waals surface area contributed by atoms with E-state index in [4.69, 9.17) is 14.0 Å². The summed E-state index contributed by atoms with van der Waals surface area (Å²) in [6.45, 7) is 1.48. The number of aryl methyl sites for hydroxylation is 1. The van der Waals surface area contributed by atoms with E-state index in [0.717, 1.165) is 4.47 Å². The molecule has 1 amide bonds. The fraction of sp³-hybridized carbons (Fsp3) is 0.150. The van der Waals surface area contributed by atoms with Crippen LogP contribution in [0.4, 0.5) is 5.69 Å². The maximum Gasteiger partial charge on any atom is 0.342 e. The number of nitrogens with zero attached hydrogens (tertiary/aromatic N) is 1. The molecule has 144 valence electrons. The van der Waals surface area contributed by atoms with Crippen LogP contribution in [0.3, 0.4) is 0 Å². The molecule has 0 saturated heterocycles. The molecule has 0 aliphatic rings. The lowest BCUT2D eigenvalue weighted by molar-refractivity contribution is -0.118. The van der Waals surface area contributed by atoms with Crippen LogP contribution < -0.4 is 10.1 Å². The molecule has 0 atom stereocenters. The molecule has 0 aliphatic heterocycles. The Hall–Kier alpha value is -3.13. The van der Waals surface area contributed by atoms with Gasteiger partial charge in [0.05, 0.1) is 0 Å². The zero-order chi connectivity index (χ0) is 19.9. The molecule has 0 saturated carbocycles. The van der Waals surface area contributed by atoms with E-state index in [0.29, 0.717) is 17.1 Å². The number of para-hydroxylation sites is 1. The fourth-order valence-electron chi connectivity index (χ4n) is 2.34. The quantitative estimate of drug-likeness (QED) is 0.551. The van der Waals surface area contributed by atoms with Crippen molar-refractivity contribution in [2.75, 3.05) is 11.9 Å². The lowest BCUT2D eigenvalue weighted by Gasteiger charge is -2.11. The second-order valence-electron chi connectivity index (χ2n) is 5.84. The van der Waals surface area contributed by atoms with Gasteiger partial charge in [0.2, 0.25) is 0 Å². The summed E-state index contributed by atoms with van der Waals surface area (Å²) in [5.74, 6) is -0.0329. The van der Waals surface area contributed by atoms with Gasteiger partial charge in [-0.15, -0.1) is 0 Å². The Morgan fingerprint density at radius 3 is 2.61 bits per heavy atom. The summed E-state index contributed by atoms with van der Waals surface area (Å²) in [7, 11) is 0. The summed E-state index contributed by atoms with van der Waals surface area (Å²) in [6.07, 6.45) is 0. The molecule has 28 heavy (non-hydrogen) atoms. The van der Waals surface area contributed by atoms with Crippen LogP contribution in [0.2, 0.25) is 0 Å². The van der Waals surface area contributed by atoms with Gasteiger partial charge in [-0.2, -0.15) is 0 Å². The van der Waals surface area contributed by atoms with Crippen LogP contribution in [0.25, 0.3) is 0 Å². The topological polar surface area (TPSA) is 90.7 Å². The molecule has 0 fully saturated rings. The molecule has 8 heteroatoms. The average Bonchev–Trinajstić information content (AvgIpc) is 3.12. The van der Waals surface area contributed by atoms with E-state index in [1.807, 2.05) is 12.1 Å². The molecule has 1 N–H and O–H groups in total. The Morgan fingerprint density at radius 2 is 1.89 bits per heavy atom. The number of carbonyl (C=O) groups is 2. The van der Waals surface area contributed by atoms with Gasteiger partial charge in [0, 0.05) is 16.2 Å². The number of carbonyl (C=O) groups excluding carboxylic acids is 2. The second-order valence-corrected chi connectivity index (χ2v) is 6.76. The third kappa shape index (κ3) is 5.43. The highest BCUT2D eigenvalue weighted by Gasteiger charge is 2.16. The van der Waals surface area contributed by atoms with Crippen molar-refractivity contribution >= 4 is 33.5 Å². The van der Waals surface area contributed by atoms with Gasteiger partial charge in [0.1, 0.15) is 29.4 Å². The summed E-state index contributed by atoms with van der Waals surface area (Å²) in [6, 6.07) is 15.4. The number of esters is 1. The predicted octanol–water partition coefficient (Wildman–Crippen LogP) is 4.12. The van der Waals surface area contributed by atoms with Crippen molar-refractivity contribution < 1.29 is 23.6 Å². The zero-order valence-electron chi connectivity index (χ0n) is 15.0. The Kier molecular flexibility index (Phi) is 6.44. The predicted molar refractivity (Wildman–Crippen MR) is 105 cm³/mol. The minimum atomic E-state index is -0.579. The monoisotopic (exact) mass is 444 g/mol. The first kappa shape index (κ1) is 19.6. The summed E-state index contributed by atoms with van der Waals surface area (Å²) < 4.78 is 16.6. The van der Waals surface area contributed by atoms with E-state index < -0.39 is 5.97 Å². The van der Waals surface area contributed by atoms with Crippen molar-refractivity contribution in [2.45, 2.75) is 13.5 Å². The average molecular weight is 445 g/mol. The molecular weight excluding hydrogens is 428 g/mol. The van der Waals surface area contributed by atoms with E-state index >= 15 is 0 Å². The summed E-state index contributed by atoms with van der Waals surface area (Å²) >= 11 is 3.33. The van der Waals surface area contributed by atoms with Crippen molar-refractivity contribution in [3.05, 3.63) is 76.1 Å². The first-order chi connectivity index (χ1) is 13.5. The zero-order valence-corrected chi connectivity index (χ0v) is 16.6. The van der Waals surface area contributed by atoms with Crippen molar-refractivity contribution in [2.24, 2.45) is 0 Å². The Bertz CT molecular complexity index is 969. The van der Waals surface area contributed by atoms with Gasteiger partial charge in [0.25, 0.3) is 5.91 Å². The summed E-state index contributed by atoms with van der Waals surface area (Å²) in [5, 5.41) is 6.49. The molecular formula is C20H17BrN2O5. The first-order valence-electron chi connectivity index (χ1n) is 8.38. The number of nitrogens with one attached hydrogen (secondary N) is 1. The molecule has 0 spiro atoms. The fourth-order valence-corrected chi connectivity index (χ4v) is 2.60. The van der Waals surface area contributed by atoms with Gasteiger partial charge in [-0.1, -0.05) is 33.2 Å². The molecule has 7 nitrogen and oxygen atoms in total. The van der Waals surface area contributed by atoms with E-state index in [1.54, 1.807) is 49.4 Å². The molecule has 3 rings (SSSR count). The Labute approximate surface area is 169 Å². The van der Waals surface area contributed by atoms with Crippen molar-refractivity contribution in [1.29, 1.82) is 0 Å². The van der Waals surface area contributed by atoms with Crippen LogP contribution in [0.15, 0.2) is 63.6 Å². The smallest absolute Gasteiger partial charge is 0.342 e. The van der Waals surface area contributed by atoms with Crippen LogP contribution >= 0.6 is 15.9 Å². The number of ether oxygens (including phenoxy) is 2. The number of aromatic nitrogens is 1. The van der Waals surface area contributed by atoms with Gasteiger partial charge in [-0.25, -0.2) is 4.79 Å². The lowest BCUT2D eigenvalue weighted by Crippen LogP contribution is -2.21. The normalized spacial score (nSPS) is 10.4. The molecule has 0 radical (unpaired) electrons. The van der Waals surface area contributed by atoms with Gasteiger partial charge in [0.15, 0.2) is 6.61 Å². The highest BCUT2D eigenvalue weighted by molar-refractivity contribution is 9.10. The number of anilines is 1. The van der Waals surface area contributed by atoms with Crippen molar-refractivity contribution in [3.63, 3.8) is 0 Å². The third-order valence-electron chi connectivity index (χ3n) is 3.62. The first-order valence-corrected chi connectivity index (χ1v) is 9.17. The SMILES string of the molecule is Cc1cc(COC(=O)c2ccccc2OCC(=O)Nc2ccc(Br)cc2)no1. The van der Waals surface area contributed by atoms with Crippen LogP contribution in [-0.2, 0) is 16.1 Å². The molecule has 1 aromatic heterocycles. The molecule has 2 aromatic carbocycles. The molecule has 0 bridgehead atoms. The van der Waals surface area contributed by atoms with E-state index in [1.165, 1.54) is 0 Å². The van der Waals surface area contributed by atoms with Gasteiger partial charge >= 0.3 is 5.97 Å². The maximum absolute atomic E-state index is 12.3. The molecule has 0 aliphatic carbocycles. The number of hydrogen-bond acceptors (Lipinski definition) is 6. The molecule has 3 aromatic rings. The van der Waals surface area contributed by atoms with Crippen molar-refractivity contribution in [3.8, 4) is 5.75 Å². The highest BCUT2D eigenvalue weighted by Crippen LogP contribution is 2.20. The number of rotatable bonds is 7. The van der Waals surface area contributed by atoms with Crippen LogP contribution in [0.1, 0.15) is 21.8 Å². The number of amides is 1. The Balaban J connectivity index is 1.57. The summed E-state index contributed by atoms with van der Waals surface area (Å²) in [5.41, 5.74) is 1.38. The highest BCUT2D eigenvalue weighted by atomic mass is 79.9. The van der Waals surface area contributed by atoms with Crippen LogP contribution in [-0.4, -0.2) is 23.6 Å². The van der Waals surface area contributed by atoms with E-state index in [-0.39, 0.29) is 30.4 Å². The lowest BCUT2D eigenvalue weighted by atomic mass is 10.2. The number of benzene rings is 2. The van der Waals surface area contributed by atoms with Crippen molar-refractivity contribution in [1.82, 2.24) is 5.16 Å². The minimum Gasteiger partial charge on any atom is -0.483 e. The van der Waals surface area contributed by atoms with Gasteiger partial charge in [-0.05, 0) is 43.3 Å². The van der Waals surface area contributed by atoms with Gasteiger partial charge < -0.3 is 19.3 Å². The van der Waals surface area contributed by atoms with Gasteiger partial charge in [-0.3, -0.25) is 4.79 Å². The molecule has 1 heterocycles. The summed E-state index contributed by atoms with van der Waals surface area (Å²) in [4.78, 5) is 24.4. The largest absolute Gasteiger partial charge is 0.483 e. The minimum absolute atomic E-state index is 0.0193.